The molecule has 0 heterocycles. The third-order valence-corrected chi connectivity index (χ3v) is 2.20. The van der Waals surface area contributed by atoms with Crippen LogP contribution in [0.2, 0.25) is 0 Å². The molecule has 0 saturated carbocycles. The molecule has 0 aliphatic heterocycles. The van der Waals surface area contributed by atoms with Gasteiger partial charge in [-0.05, 0) is 18.1 Å². The normalized spacial score (nSPS) is 11.8. The van der Waals surface area contributed by atoms with Gasteiger partial charge in [-0.1, -0.05) is 12.1 Å². The third kappa shape index (κ3) is 2.49. The minimum atomic E-state index is -1.68. The highest BCUT2D eigenvalue weighted by molar-refractivity contribution is 5.75. The average Bonchev–Trinajstić information content (AvgIpc) is 2.26. The first kappa shape index (κ1) is 12.0. The maximum Gasteiger partial charge on any atom is 0.337 e. The summed E-state index contributed by atoms with van der Waals surface area (Å²) in [5.41, 5.74) is 0.432. The Morgan fingerprint density at radius 2 is 2.19 bits per heavy atom. The van der Waals surface area contributed by atoms with E-state index >= 15 is 0 Å². The van der Waals surface area contributed by atoms with Gasteiger partial charge in [0.2, 0.25) is 0 Å². The topological polar surface area (TPSA) is 102 Å². The molecule has 0 bridgehead atoms. The molecular formula is C11H11NO4. The lowest BCUT2D eigenvalue weighted by molar-refractivity contribution is -0.147. The van der Waals surface area contributed by atoms with Crippen molar-refractivity contribution in [3.63, 3.8) is 0 Å². The number of aliphatic hydroxyl groups is 1. The van der Waals surface area contributed by atoms with Gasteiger partial charge in [-0.25, -0.2) is 4.79 Å². The van der Waals surface area contributed by atoms with Gasteiger partial charge in [0, 0.05) is 12.0 Å². The molecule has 5 nitrogen and oxygen atoms in total. The predicted molar refractivity (Wildman–Crippen MR) is 54.6 cm³/mol. The molecule has 16 heavy (non-hydrogen) atoms. The van der Waals surface area contributed by atoms with Crippen LogP contribution >= 0.6 is 0 Å². The smallest absolute Gasteiger partial charge is 0.337 e. The molecule has 3 N–H and O–H groups in total. The van der Waals surface area contributed by atoms with E-state index in [4.69, 9.17) is 10.4 Å². The molecule has 1 aromatic rings. The Hall–Kier alpha value is -2.06. The molecule has 0 spiro atoms. The summed E-state index contributed by atoms with van der Waals surface area (Å²) in [6.45, 7) is 0. The van der Waals surface area contributed by atoms with E-state index in [1.54, 1.807) is 0 Å². The first-order chi connectivity index (χ1) is 7.57. The lowest BCUT2D eigenvalue weighted by Crippen LogP contribution is -2.12. The van der Waals surface area contributed by atoms with Crippen molar-refractivity contribution in [1.82, 2.24) is 0 Å². The second-order valence-corrected chi connectivity index (χ2v) is 3.24. The summed E-state index contributed by atoms with van der Waals surface area (Å²) in [6.07, 6.45) is -1.32. The molecule has 1 atom stereocenters. The molecule has 1 unspecified atom stereocenters. The van der Waals surface area contributed by atoms with E-state index in [9.17, 15) is 15.0 Å². The molecule has 84 valence electrons. The summed E-state index contributed by atoms with van der Waals surface area (Å²) in [5, 5.41) is 36.1. The van der Waals surface area contributed by atoms with Gasteiger partial charge < -0.3 is 15.3 Å². The second kappa shape index (κ2) is 5.14. The summed E-state index contributed by atoms with van der Waals surface area (Å²) in [5.74, 6) is -1.49. The Kier molecular flexibility index (Phi) is 3.86. The summed E-state index contributed by atoms with van der Waals surface area (Å²) in [7, 11) is 0. The van der Waals surface area contributed by atoms with E-state index in [1.807, 2.05) is 6.07 Å². The number of phenolic OH excluding ortho intramolecular Hbond substituents is 1. The zero-order valence-electron chi connectivity index (χ0n) is 8.42. The van der Waals surface area contributed by atoms with Gasteiger partial charge in [0.15, 0.2) is 6.10 Å². The summed E-state index contributed by atoms with van der Waals surface area (Å²) < 4.78 is 0. The zero-order chi connectivity index (χ0) is 12.1. The highest BCUT2D eigenvalue weighted by atomic mass is 16.4. The highest BCUT2D eigenvalue weighted by Crippen LogP contribution is 2.27. The standard InChI is InChI=1S/C11H11NO4/c12-6-2-4-7-8(10(14)11(15)16)3-1-5-9(7)13/h1,3,5,10,13-14H,2,4H2,(H,15,16). The molecule has 0 amide bonds. The number of nitrogens with zero attached hydrogens (tertiary/aromatic N) is 1. The fourth-order valence-electron chi connectivity index (χ4n) is 1.43. The average molecular weight is 221 g/mol. The molecule has 0 aliphatic rings. The highest BCUT2D eigenvalue weighted by Gasteiger charge is 2.20. The maximum atomic E-state index is 10.6. The quantitative estimate of drug-likeness (QED) is 0.703. The number of phenols is 1. The van der Waals surface area contributed by atoms with Crippen LogP contribution in [0.5, 0.6) is 5.75 Å². The monoisotopic (exact) mass is 221 g/mol. The number of benzene rings is 1. The van der Waals surface area contributed by atoms with Crippen molar-refractivity contribution in [2.45, 2.75) is 18.9 Å². The van der Waals surface area contributed by atoms with Crippen molar-refractivity contribution in [3.05, 3.63) is 29.3 Å². The molecule has 0 aromatic heterocycles. The molecule has 1 rings (SSSR count). The van der Waals surface area contributed by atoms with Crippen LogP contribution in [0.3, 0.4) is 0 Å². The van der Waals surface area contributed by atoms with Crippen molar-refractivity contribution < 1.29 is 20.1 Å². The molecule has 1 aromatic carbocycles. The minimum Gasteiger partial charge on any atom is -0.508 e. The Balaban J connectivity index is 3.12. The van der Waals surface area contributed by atoms with Crippen LogP contribution in [0.4, 0.5) is 0 Å². The van der Waals surface area contributed by atoms with E-state index in [0.29, 0.717) is 5.56 Å². The number of hydrogen-bond acceptors (Lipinski definition) is 4. The van der Waals surface area contributed by atoms with Crippen LogP contribution < -0.4 is 0 Å². The predicted octanol–water partition coefficient (Wildman–Crippen LogP) is 0.966. The number of carboxylic acid groups (broad SMARTS) is 1. The number of hydrogen-bond donors (Lipinski definition) is 3. The van der Waals surface area contributed by atoms with E-state index in [2.05, 4.69) is 0 Å². The van der Waals surface area contributed by atoms with Crippen LogP contribution in [-0.4, -0.2) is 21.3 Å². The van der Waals surface area contributed by atoms with Crippen LogP contribution in [0.15, 0.2) is 18.2 Å². The Labute approximate surface area is 92.2 Å². The van der Waals surface area contributed by atoms with Crippen molar-refractivity contribution in [3.8, 4) is 11.8 Å². The molecule has 5 heteroatoms. The van der Waals surface area contributed by atoms with Gasteiger partial charge in [-0.15, -0.1) is 0 Å². The van der Waals surface area contributed by atoms with Gasteiger partial charge >= 0.3 is 5.97 Å². The largest absolute Gasteiger partial charge is 0.508 e. The Morgan fingerprint density at radius 3 is 2.75 bits per heavy atom. The summed E-state index contributed by atoms with van der Waals surface area (Å²) in [4.78, 5) is 10.6. The van der Waals surface area contributed by atoms with Crippen molar-refractivity contribution in [2.24, 2.45) is 0 Å². The van der Waals surface area contributed by atoms with E-state index in [-0.39, 0.29) is 24.2 Å². The lowest BCUT2D eigenvalue weighted by atomic mass is 9.98. The minimum absolute atomic E-state index is 0.104. The number of rotatable bonds is 4. The number of aliphatic carboxylic acids is 1. The van der Waals surface area contributed by atoms with E-state index < -0.39 is 12.1 Å². The van der Waals surface area contributed by atoms with Gasteiger partial charge in [-0.3, -0.25) is 0 Å². The number of aromatic hydroxyl groups is 1. The van der Waals surface area contributed by atoms with Gasteiger partial charge in [0.1, 0.15) is 5.75 Å². The van der Waals surface area contributed by atoms with Crippen molar-refractivity contribution in [1.29, 1.82) is 5.26 Å². The Bertz CT molecular complexity index is 436. The molecule has 0 aliphatic carbocycles. The van der Waals surface area contributed by atoms with Crippen molar-refractivity contribution >= 4 is 5.97 Å². The Morgan fingerprint density at radius 1 is 1.50 bits per heavy atom. The number of aliphatic hydroxyl groups excluding tert-OH is 1. The van der Waals surface area contributed by atoms with Crippen LogP contribution in [0.1, 0.15) is 23.7 Å². The summed E-state index contributed by atoms with van der Waals surface area (Å²) in [6, 6.07) is 6.17. The van der Waals surface area contributed by atoms with E-state index in [1.165, 1.54) is 18.2 Å². The number of nitriles is 1. The van der Waals surface area contributed by atoms with Crippen LogP contribution in [0.25, 0.3) is 0 Å². The lowest BCUT2D eigenvalue weighted by Gasteiger charge is -2.12. The summed E-state index contributed by atoms with van der Waals surface area (Å²) >= 11 is 0. The van der Waals surface area contributed by atoms with Crippen molar-refractivity contribution in [2.75, 3.05) is 0 Å². The maximum absolute atomic E-state index is 10.6. The first-order valence-electron chi connectivity index (χ1n) is 4.66. The van der Waals surface area contributed by atoms with Crippen LogP contribution in [-0.2, 0) is 11.2 Å². The van der Waals surface area contributed by atoms with Gasteiger partial charge in [0.25, 0.3) is 0 Å². The molecular weight excluding hydrogens is 210 g/mol. The van der Waals surface area contributed by atoms with E-state index in [0.717, 1.165) is 0 Å². The number of carbonyl (C=O) groups is 1. The fourth-order valence-corrected chi connectivity index (χ4v) is 1.43. The first-order valence-corrected chi connectivity index (χ1v) is 4.66. The molecule has 0 saturated heterocycles. The molecule has 0 radical (unpaired) electrons. The van der Waals surface area contributed by atoms with Gasteiger partial charge in [-0.2, -0.15) is 5.26 Å². The van der Waals surface area contributed by atoms with Crippen LogP contribution in [0, 0.1) is 11.3 Å². The number of carboxylic acids is 1. The zero-order valence-corrected chi connectivity index (χ0v) is 8.42. The fraction of sp³-hybridized carbons (Fsp3) is 0.273. The second-order valence-electron chi connectivity index (χ2n) is 3.24. The van der Waals surface area contributed by atoms with Gasteiger partial charge in [0.05, 0.1) is 6.07 Å². The molecule has 0 fully saturated rings. The SMILES string of the molecule is N#CCCc1c(O)cccc1C(O)C(=O)O. The third-order valence-electron chi connectivity index (χ3n) is 2.20.